The lowest BCUT2D eigenvalue weighted by atomic mass is 9.59. The number of aliphatic hydroxyl groups excluding tert-OH is 1. The van der Waals surface area contributed by atoms with Crippen molar-refractivity contribution in [2.24, 2.45) is 35.5 Å². The third kappa shape index (κ3) is 6.90. The van der Waals surface area contributed by atoms with Crippen LogP contribution < -0.4 is 10.6 Å². The van der Waals surface area contributed by atoms with Gasteiger partial charge in [0.15, 0.2) is 11.9 Å². The van der Waals surface area contributed by atoms with Crippen LogP contribution >= 0.6 is 0 Å². The number of amides is 2. The van der Waals surface area contributed by atoms with Gasteiger partial charge in [0.25, 0.3) is 11.8 Å². The Balaban J connectivity index is 1.14. The van der Waals surface area contributed by atoms with Crippen molar-refractivity contribution in [3.05, 3.63) is 22.7 Å². The predicted molar refractivity (Wildman–Crippen MR) is 158 cm³/mol. The van der Waals surface area contributed by atoms with E-state index in [-0.39, 0.29) is 68.7 Å². The molecule has 16 heteroatoms. The molecule has 5 heterocycles. The Hall–Kier alpha value is -2.56. The average molecular weight is 711 g/mol. The first-order chi connectivity index (χ1) is 23.1. The Morgan fingerprint density at radius 2 is 1.69 bits per heavy atom. The van der Waals surface area contributed by atoms with E-state index in [1.54, 1.807) is 0 Å². The predicted octanol–water partition coefficient (Wildman–Crippen LogP) is 5.89. The van der Waals surface area contributed by atoms with Crippen molar-refractivity contribution in [2.45, 2.75) is 115 Å². The number of alkyl halides is 6. The van der Waals surface area contributed by atoms with Gasteiger partial charge in [-0.1, -0.05) is 19.8 Å². The van der Waals surface area contributed by atoms with Gasteiger partial charge in [-0.15, -0.1) is 0 Å². The zero-order valence-electron chi connectivity index (χ0n) is 27.5. The molecule has 2 saturated carbocycles. The molecule has 4 saturated heterocycles. The highest BCUT2D eigenvalue weighted by Crippen LogP contribution is 2.59. The van der Waals surface area contributed by atoms with Gasteiger partial charge in [0.05, 0.1) is 23.9 Å². The standard InChI is InChI=1S/C33H44F6N2O8/c1-16-7-10-22-25(27(33(37,38)39)47-30-31(22)21(16)11-12-23(46-30)48-49-31)29(44)41-14-4-13-40-28(43)24(26(42)32(34,35)36)19-6-3-5-18-9-8-17(2)45-15-20(18)19/h16-23,30,42H,3-15H2,1-2H3,(H,40,43)(H,41,44)/b26-24+. The molecule has 0 aromatic heterocycles. The Kier molecular flexibility index (Phi) is 10.3. The molecule has 10 unspecified atom stereocenters. The number of carbonyl (C=O) groups is 2. The van der Waals surface area contributed by atoms with Crippen LogP contribution in [0.3, 0.4) is 0 Å². The van der Waals surface area contributed by atoms with Crippen LogP contribution in [0.1, 0.15) is 78.1 Å². The van der Waals surface area contributed by atoms with Gasteiger partial charge in [-0.05, 0) is 75.5 Å². The summed E-state index contributed by atoms with van der Waals surface area (Å²) >= 11 is 0. The van der Waals surface area contributed by atoms with Gasteiger partial charge in [0.1, 0.15) is 0 Å². The molecule has 0 aromatic rings. The number of fused-ring (bicyclic) bond motifs is 3. The summed E-state index contributed by atoms with van der Waals surface area (Å²) in [6.45, 7) is 3.61. The molecular weight excluding hydrogens is 666 g/mol. The summed E-state index contributed by atoms with van der Waals surface area (Å²) in [4.78, 5) is 38.0. The first kappa shape index (κ1) is 36.2. The van der Waals surface area contributed by atoms with Crippen molar-refractivity contribution in [1.29, 1.82) is 0 Å². The molecule has 5 aliphatic heterocycles. The number of aliphatic hydroxyl groups is 1. The third-order valence-corrected chi connectivity index (χ3v) is 11.5. The molecule has 2 amide bonds. The van der Waals surface area contributed by atoms with E-state index in [4.69, 9.17) is 24.0 Å². The maximum absolute atomic E-state index is 14.4. The van der Waals surface area contributed by atoms with Crippen molar-refractivity contribution >= 4 is 11.8 Å². The Bertz CT molecular complexity index is 1340. The van der Waals surface area contributed by atoms with Crippen LogP contribution in [0, 0.1) is 35.5 Å². The molecule has 6 fully saturated rings. The summed E-state index contributed by atoms with van der Waals surface area (Å²) in [5.41, 5.74) is -2.81. The fraction of sp³-hybridized carbons (Fsp3) is 0.818. The highest BCUT2D eigenvalue weighted by atomic mass is 19.4. The summed E-state index contributed by atoms with van der Waals surface area (Å²) in [6.07, 6.45) is -7.72. The van der Waals surface area contributed by atoms with E-state index < -0.39 is 76.8 Å². The van der Waals surface area contributed by atoms with Gasteiger partial charge < -0.3 is 30.0 Å². The summed E-state index contributed by atoms with van der Waals surface area (Å²) in [5.74, 6) is -8.00. The summed E-state index contributed by atoms with van der Waals surface area (Å²) in [5, 5.41) is 15.2. The fourth-order valence-electron chi connectivity index (χ4n) is 9.12. The lowest BCUT2D eigenvalue weighted by molar-refractivity contribution is -0.527. The molecule has 2 bridgehead atoms. The van der Waals surface area contributed by atoms with Crippen molar-refractivity contribution < 1.29 is 65.0 Å². The van der Waals surface area contributed by atoms with Gasteiger partial charge in [-0.25, -0.2) is 9.78 Å². The first-order valence-electron chi connectivity index (χ1n) is 17.3. The van der Waals surface area contributed by atoms with Crippen molar-refractivity contribution in [3.8, 4) is 0 Å². The smallest absolute Gasteiger partial charge is 0.449 e. The number of allylic oxidation sites excluding steroid dienone is 2. The molecule has 7 aliphatic rings. The highest BCUT2D eigenvalue weighted by Gasteiger charge is 2.69. The third-order valence-electron chi connectivity index (χ3n) is 11.5. The van der Waals surface area contributed by atoms with Crippen molar-refractivity contribution in [3.63, 3.8) is 0 Å². The molecule has 2 aliphatic carbocycles. The van der Waals surface area contributed by atoms with Crippen LogP contribution in [0.15, 0.2) is 22.7 Å². The molecule has 49 heavy (non-hydrogen) atoms. The van der Waals surface area contributed by atoms with E-state index >= 15 is 0 Å². The van der Waals surface area contributed by atoms with E-state index in [1.807, 2.05) is 13.8 Å². The van der Waals surface area contributed by atoms with E-state index in [0.717, 1.165) is 19.3 Å². The van der Waals surface area contributed by atoms with Gasteiger partial charge in [-0.2, -0.15) is 26.3 Å². The number of rotatable bonds is 7. The number of nitrogens with one attached hydrogen (secondary N) is 2. The Labute approximate surface area is 280 Å². The zero-order valence-corrected chi connectivity index (χ0v) is 27.5. The molecule has 10 atom stereocenters. The minimum absolute atomic E-state index is 0.0210. The summed E-state index contributed by atoms with van der Waals surface area (Å²) < 4.78 is 101. The van der Waals surface area contributed by atoms with Crippen LogP contribution in [-0.2, 0) is 33.6 Å². The normalized spacial score (nSPS) is 38.2. The van der Waals surface area contributed by atoms with Crippen LogP contribution in [0.4, 0.5) is 26.3 Å². The van der Waals surface area contributed by atoms with Gasteiger partial charge in [0, 0.05) is 31.3 Å². The number of hydrogen-bond acceptors (Lipinski definition) is 8. The van der Waals surface area contributed by atoms with Gasteiger partial charge in [-0.3, -0.25) is 9.59 Å². The molecule has 10 nitrogen and oxygen atoms in total. The second kappa shape index (κ2) is 13.9. The van der Waals surface area contributed by atoms with Crippen LogP contribution in [0.2, 0.25) is 0 Å². The molecule has 3 N–H and O–H groups in total. The lowest BCUT2D eigenvalue weighted by Crippen LogP contribution is -2.67. The van der Waals surface area contributed by atoms with Crippen LogP contribution in [-0.4, -0.2) is 73.3 Å². The monoisotopic (exact) mass is 710 g/mol. The Morgan fingerprint density at radius 1 is 0.939 bits per heavy atom. The largest absolute Gasteiger partial charge is 0.504 e. The summed E-state index contributed by atoms with van der Waals surface area (Å²) in [7, 11) is 0. The van der Waals surface area contributed by atoms with Gasteiger partial charge >= 0.3 is 12.4 Å². The maximum atomic E-state index is 14.4. The van der Waals surface area contributed by atoms with Crippen molar-refractivity contribution in [1.82, 2.24) is 10.6 Å². The fourth-order valence-corrected chi connectivity index (χ4v) is 9.12. The van der Waals surface area contributed by atoms with Crippen LogP contribution in [0.5, 0.6) is 0 Å². The SMILES string of the molecule is CC1CCC2CCCC(/C(C(=O)NCCCNC(=O)C3=C(C(F)(F)F)OC4OC5CCC6C(C)CCC3C46OO5)=C(\O)C(F)(F)F)C2CO1. The van der Waals surface area contributed by atoms with Gasteiger partial charge in [0.2, 0.25) is 17.8 Å². The topological polar surface area (TPSA) is 125 Å². The second-order valence-corrected chi connectivity index (χ2v) is 14.4. The van der Waals surface area contributed by atoms with E-state index in [1.165, 1.54) is 0 Å². The van der Waals surface area contributed by atoms with E-state index in [2.05, 4.69) is 10.6 Å². The molecule has 0 aromatic carbocycles. The quantitative estimate of drug-likeness (QED) is 0.0984. The van der Waals surface area contributed by atoms with Crippen molar-refractivity contribution in [2.75, 3.05) is 19.7 Å². The highest BCUT2D eigenvalue weighted by molar-refractivity contribution is 5.95. The zero-order chi connectivity index (χ0) is 35.3. The minimum atomic E-state index is -5.15. The average Bonchev–Trinajstić information content (AvgIpc) is 3.43. The number of halogens is 6. The van der Waals surface area contributed by atoms with E-state index in [0.29, 0.717) is 25.7 Å². The number of ether oxygens (including phenoxy) is 3. The molecular formula is C33H44F6N2O8. The second-order valence-electron chi connectivity index (χ2n) is 14.4. The molecule has 1 spiro atoms. The van der Waals surface area contributed by atoms with Crippen LogP contribution in [0.25, 0.3) is 0 Å². The first-order valence-corrected chi connectivity index (χ1v) is 17.3. The molecule has 276 valence electrons. The summed E-state index contributed by atoms with van der Waals surface area (Å²) in [6, 6.07) is 0. The molecule has 7 rings (SSSR count). The molecule has 0 radical (unpaired) electrons. The van der Waals surface area contributed by atoms with E-state index in [9.17, 15) is 41.0 Å². The Morgan fingerprint density at radius 3 is 2.43 bits per heavy atom. The number of hydrogen-bond donors (Lipinski definition) is 3. The minimum Gasteiger partial charge on any atom is -0.504 e. The maximum Gasteiger partial charge on any atom is 0.449 e. The lowest BCUT2D eigenvalue weighted by Gasteiger charge is -2.56. The number of carbonyl (C=O) groups excluding carboxylic acids is 2.